The first kappa shape index (κ1) is 21.5. The van der Waals surface area contributed by atoms with Crippen molar-refractivity contribution >= 4 is 29.9 Å². The van der Waals surface area contributed by atoms with Crippen LogP contribution in [0.2, 0.25) is 0 Å². The molecule has 3 rings (SSSR count). The second-order valence-electron chi connectivity index (χ2n) is 7.41. The maximum absolute atomic E-state index is 5.94. The number of nitrogens with one attached hydrogen (secondary N) is 1. The van der Waals surface area contributed by atoms with Crippen LogP contribution in [0.3, 0.4) is 0 Å². The summed E-state index contributed by atoms with van der Waals surface area (Å²) in [6.07, 6.45) is 4.58. The van der Waals surface area contributed by atoms with Crippen molar-refractivity contribution in [3.8, 4) is 5.88 Å². The molecule has 1 saturated heterocycles. The second-order valence-corrected chi connectivity index (χ2v) is 7.41. The Morgan fingerprint density at radius 2 is 2.19 bits per heavy atom. The molecule has 1 unspecified atom stereocenters. The molecule has 0 saturated carbocycles. The molecule has 1 aliphatic rings. The van der Waals surface area contributed by atoms with E-state index in [0.717, 1.165) is 31.2 Å². The lowest BCUT2D eigenvalue weighted by Gasteiger charge is -2.21. The summed E-state index contributed by atoms with van der Waals surface area (Å²) in [4.78, 5) is 15.1. The summed E-state index contributed by atoms with van der Waals surface area (Å²) in [6.45, 7) is 8.48. The van der Waals surface area contributed by atoms with Crippen LogP contribution in [0.5, 0.6) is 5.88 Å². The van der Waals surface area contributed by atoms with E-state index in [-0.39, 0.29) is 35.5 Å². The Balaban J connectivity index is 0.00000261. The molecule has 3 heterocycles. The minimum Gasteiger partial charge on any atom is -0.472 e. The van der Waals surface area contributed by atoms with Crippen LogP contribution < -0.4 is 10.1 Å². The smallest absolute Gasteiger partial charge is 0.213 e. The highest BCUT2D eigenvalue weighted by atomic mass is 127. The number of hydrogen-bond acceptors (Lipinski definition) is 5. The molecule has 8 heteroatoms. The Hall–Kier alpha value is -1.84. The van der Waals surface area contributed by atoms with E-state index in [9.17, 15) is 0 Å². The minimum absolute atomic E-state index is 0. The summed E-state index contributed by atoms with van der Waals surface area (Å²) in [5, 5.41) is 3.33. The molecule has 1 atom stereocenters. The first-order valence-corrected chi connectivity index (χ1v) is 8.94. The van der Waals surface area contributed by atoms with Gasteiger partial charge in [0.05, 0.1) is 19.3 Å². The number of hydrogen-bond donors (Lipinski definition) is 1. The van der Waals surface area contributed by atoms with Gasteiger partial charge in [-0.2, -0.15) is 0 Å². The average molecular weight is 485 g/mol. The zero-order valence-electron chi connectivity index (χ0n) is 16.3. The van der Waals surface area contributed by atoms with Crippen molar-refractivity contribution in [1.82, 2.24) is 20.2 Å². The highest BCUT2D eigenvalue weighted by molar-refractivity contribution is 14.0. The lowest BCUT2D eigenvalue weighted by Crippen LogP contribution is -2.40. The Morgan fingerprint density at radius 1 is 1.37 bits per heavy atom. The zero-order chi connectivity index (χ0) is 18.6. The van der Waals surface area contributed by atoms with Crippen molar-refractivity contribution in [2.75, 3.05) is 20.1 Å². The largest absolute Gasteiger partial charge is 0.472 e. The monoisotopic (exact) mass is 485 g/mol. The molecule has 1 N–H and O–H groups in total. The van der Waals surface area contributed by atoms with Crippen LogP contribution >= 0.6 is 24.0 Å². The third-order valence-corrected chi connectivity index (χ3v) is 4.27. The molecule has 2 aromatic rings. The van der Waals surface area contributed by atoms with E-state index in [1.807, 2.05) is 18.2 Å². The molecule has 0 aromatic carbocycles. The summed E-state index contributed by atoms with van der Waals surface area (Å²) in [5.74, 6) is 3.04. The predicted octanol–water partition coefficient (Wildman–Crippen LogP) is 3.21. The molecule has 0 spiro atoms. The summed E-state index contributed by atoms with van der Waals surface area (Å²) in [6, 6.07) is 5.69. The topological polar surface area (TPSA) is 75.8 Å². The van der Waals surface area contributed by atoms with Crippen LogP contribution in [0.1, 0.15) is 38.8 Å². The molecule has 148 valence electrons. The van der Waals surface area contributed by atoms with Gasteiger partial charge in [0.25, 0.3) is 0 Å². The van der Waals surface area contributed by atoms with Gasteiger partial charge in [-0.25, -0.2) is 9.97 Å². The van der Waals surface area contributed by atoms with E-state index in [1.165, 1.54) is 0 Å². The van der Waals surface area contributed by atoms with Gasteiger partial charge < -0.3 is 19.4 Å². The standard InChI is InChI=1S/C19H27N5O2.HI/c1-19(2,3)15-11-22-17(26-15)12-23-18(20-4)24-10-8-14(13-24)25-16-7-5-6-9-21-16;/h5-7,9,11,14H,8,10,12-13H2,1-4H3,(H,20,23);1H. The molecule has 0 radical (unpaired) electrons. The van der Waals surface area contributed by atoms with Crippen molar-refractivity contribution in [3.05, 3.63) is 42.2 Å². The average Bonchev–Trinajstić information content (AvgIpc) is 3.26. The number of oxazole rings is 1. The van der Waals surface area contributed by atoms with Crippen LogP contribution in [0, 0.1) is 0 Å². The second kappa shape index (κ2) is 9.38. The maximum atomic E-state index is 5.94. The Kier molecular flexibility index (Phi) is 7.46. The van der Waals surface area contributed by atoms with E-state index < -0.39 is 0 Å². The molecule has 0 aliphatic carbocycles. The van der Waals surface area contributed by atoms with E-state index in [1.54, 1.807) is 19.4 Å². The van der Waals surface area contributed by atoms with E-state index in [2.05, 4.69) is 45.9 Å². The molecule has 0 amide bonds. The Bertz CT molecular complexity index is 742. The molecule has 7 nitrogen and oxygen atoms in total. The van der Waals surface area contributed by atoms with Gasteiger partial charge in [0.15, 0.2) is 5.96 Å². The van der Waals surface area contributed by atoms with Crippen molar-refractivity contribution in [3.63, 3.8) is 0 Å². The number of rotatable bonds is 4. The van der Waals surface area contributed by atoms with Gasteiger partial charge in [-0.1, -0.05) is 26.8 Å². The lowest BCUT2D eigenvalue weighted by molar-refractivity contribution is 0.205. The number of likely N-dealkylation sites (tertiary alicyclic amines) is 1. The number of halogens is 1. The summed E-state index contributed by atoms with van der Waals surface area (Å²) < 4.78 is 11.8. The Labute approximate surface area is 177 Å². The number of aliphatic imine (C=N–C) groups is 1. The third kappa shape index (κ3) is 5.82. The molecule has 1 aliphatic heterocycles. The number of aromatic nitrogens is 2. The summed E-state index contributed by atoms with van der Waals surface area (Å²) in [7, 11) is 1.78. The highest BCUT2D eigenvalue weighted by Gasteiger charge is 2.27. The van der Waals surface area contributed by atoms with Crippen molar-refractivity contribution < 1.29 is 9.15 Å². The number of guanidine groups is 1. The maximum Gasteiger partial charge on any atom is 0.213 e. The highest BCUT2D eigenvalue weighted by Crippen LogP contribution is 2.22. The van der Waals surface area contributed by atoms with Crippen LogP contribution in [0.15, 0.2) is 40.0 Å². The fourth-order valence-electron chi connectivity index (χ4n) is 2.83. The van der Waals surface area contributed by atoms with Crippen molar-refractivity contribution in [1.29, 1.82) is 0 Å². The Morgan fingerprint density at radius 3 is 2.81 bits per heavy atom. The fraction of sp³-hybridized carbons (Fsp3) is 0.526. The first-order valence-electron chi connectivity index (χ1n) is 8.94. The molecule has 0 bridgehead atoms. The van der Waals surface area contributed by atoms with Gasteiger partial charge in [-0.15, -0.1) is 24.0 Å². The quantitative estimate of drug-likeness (QED) is 0.407. The lowest BCUT2D eigenvalue weighted by atomic mass is 9.94. The minimum atomic E-state index is -0.0437. The van der Waals surface area contributed by atoms with Gasteiger partial charge in [0.1, 0.15) is 11.9 Å². The third-order valence-electron chi connectivity index (χ3n) is 4.27. The van der Waals surface area contributed by atoms with Gasteiger partial charge in [-0.05, 0) is 6.07 Å². The van der Waals surface area contributed by atoms with Crippen molar-refractivity contribution in [2.24, 2.45) is 4.99 Å². The molecular formula is C19H28IN5O2. The van der Waals surface area contributed by atoms with Crippen molar-refractivity contribution in [2.45, 2.75) is 45.3 Å². The molecule has 2 aromatic heterocycles. The number of nitrogens with zero attached hydrogens (tertiary/aromatic N) is 4. The zero-order valence-corrected chi connectivity index (χ0v) is 18.6. The molecular weight excluding hydrogens is 457 g/mol. The first-order chi connectivity index (χ1) is 12.5. The SMILES string of the molecule is CN=C(NCc1ncc(C(C)(C)C)o1)N1CCC(Oc2ccccn2)C1.I. The van der Waals surface area contributed by atoms with Crippen LogP contribution in [-0.4, -0.2) is 47.1 Å². The van der Waals surface area contributed by atoms with Gasteiger partial charge in [0.2, 0.25) is 11.8 Å². The predicted molar refractivity (Wildman–Crippen MR) is 116 cm³/mol. The van der Waals surface area contributed by atoms with Gasteiger partial charge in [0, 0.05) is 37.7 Å². The normalized spacial score (nSPS) is 17.6. The van der Waals surface area contributed by atoms with Crippen LogP contribution in [-0.2, 0) is 12.0 Å². The van der Waals surface area contributed by atoms with Gasteiger partial charge >= 0.3 is 0 Å². The van der Waals surface area contributed by atoms with E-state index in [4.69, 9.17) is 9.15 Å². The van der Waals surface area contributed by atoms with Crippen LogP contribution in [0.25, 0.3) is 0 Å². The fourth-order valence-corrected chi connectivity index (χ4v) is 2.83. The van der Waals surface area contributed by atoms with E-state index >= 15 is 0 Å². The number of pyridine rings is 1. The van der Waals surface area contributed by atoms with Crippen LogP contribution in [0.4, 0.5) is 0 Å². The summed E-state index contributed by atoms with van der Waals surface area (Å²) in [5.41, 5.74) is -0.0437. The van der Waals surface area contributed by atoms with E-state index in [0.29, 0.717) is 18.3 Å². The summed E-state index contributed by atoms with van der Waals surface area (Å²) >= 11 is 0. The molecule has 27 heavy (non-hydrogen) atoms. The van der Waals surface area contributed by atoms with Gasteiger partial charge in [-0.3, -0.25) is 4.99 Å². The molecule has 1 fully saturated rings. The number of ether oxygens (including phenoxy) is 1.